The van der Waals surface area contributed by atoms with Crippen molar-refractivity contribution in [2.45, 2.75) is 37.0 Å². The Morgan fingerprint density at radius 3 is 1.73 bits per heavy atom. The average molecular weight is 756 g/mol. The van der Waals surface area contributed by atoms with Crippen LogP contribution in [-0.2, 0) is 10.8 Å². The minimum absolute atomic E-state index is 0.105. The molecule has 1 atom stereocenters. The van der Waals surface area contributed by atoms with Crippen LogP contribution in [0, 0.1) is 0 Å². The molecule has 0 aliphatic heterocycles. The van der Waals surface area contributed by atoms with Crippen LogP contribution in [0.25, 0.3) is 33.4 Å². The summed E-state index contributed by atoms with van der Waals surface area (Å²) in [5.41, 5.74) is 20.2. The van der Waals surface area contributed by atoms with Crippen molar-refractivity contribution < 1.29 is 0 Å². The van der Waals surface area contributed by atoms with Crippen LogP contribution in [-0.4, -0.2) is 0 Å². The zero-order valence-corrected chi connectivity index (χ0v) is 33.5. The fourth-order valence-corrected chi connectivity index (χ4v) is 10.6. The fraction of sp³-hybridized carbons (Fsp3) is 0.103. The van der Waals surface area contributed by atoms with E-state index in [9.17, 15) is 0 Å². The molecule has 11 rings (SSSR count). The van der Waals surface area contributed by atoms with Crippen molar-refractivity contribution in [3.63, 3.8) is 0 Å². The zero-order chi connectivity index (χ0) is 39.6. The summed E-state index contributed by atoms with van der Waals surface area (Å²) < 4.78 is 0. The fourth-order valence-electron chi connectivity index (χ4n) is 10.6. The molecule has 0 heterocycles. The van der Waals surface area contributed by atoms with E-state index in [2.05, 4.69) is 237 Å². The first-order valence-corrected chi connectivity index (χ1v) is 21.0. The molecule has 1 unspecified atom stereocenters. The first-order chi connectivity index (χ1) is 29.0. The molecule has 0 radical (unpaired) electrons. The Morgan fingerprint density at radius 2 is 1.02 bits per heavy atom. The maximum Gasteiger partial charge on any atom is 0.0713 e. The highest BCUT2D eigenvalue weighted by Crippen LogP contribution is 2.58. The number of rotatable bonds is 7. The Kier molecular flexibility index (Phi) is 8.27. The molecule has 0 saturated carbocycles. The largest absolute Gasteiger partial charge is 0.311 e. The molecule has 8 aromatic rings. The summed E-state index contributed by atoms with van der Waals surface area (Å²) in [5.74, 6) is 0.168. The van der Waals surface area contributed by atoms with Crippen molar-refractivity contribution in [3.05, 3.63) is 263 Å². The van der Waals surface area contributed by atoms with Gasteiger partial charge in [-0.3, -0.25) is 0 Å². The number of hydrogen-bond acceptors (Lipinski definition) is 1. The lowest BCUT2D eigenvalue weighted by Crippen LogP contribution is -2.28. The van der Waals surface area contributed by atoms with E-state index in [0.29, 0.717) is 0 Å². The van der Waals surface area contributed by atoms with Crippen molar-refractivity contribution in [1.29, 1.82) is 0 Å². The third kappa shape index (κ3) is 5.45. The molecule has 59 heavy (non-hydrogen) atoms. The molecule has 8 aromatic carbocycles. The predicted octanol–water partition coefficient (Wildman–Crippen LogP) is 14.8. The van der Waals surface area contributed by atoms with Gasteiger partial charge >= 0.3 is 0 Å². The van der Waals surface area contributed by atoms with Gasteiger partial charge in [-0.1, -0.05) is 202 Å². The second-order valence-electron chi connectivity index (χ2n) is 16.8. The molecule has 0 spiro atoms. The van der Waals surface area contributed by atoms with Crippen LogP contribution < -0.4 is 4.90 Å². The van der Waals surface area contributed by atoms with E-state index >= 15 is 0 Å². The van der Waals surface area contributed by atoms with E-state index in [1.165, 1.54) is 83.7 Å². The second kappa shape index (κ2) is 13.9. The standard InChI is InChI=1S/C58H45N/c1-57(2)52-29-14-12-26-49(52)50-37-36-47(39-55(50)57)59(45-34-32-41(33-35-45)40-18-6-3-7-19-40)46-25-16-20-42(38-46)48-28-17-31-54-56(48)51-27-13-15-30-53(51)58(54,43-21-8-4-9-22-43)44-23-10-5-11-24-44/h3-19,21-39,42H,20H2,1-2H3. The summed E-state index contributed by atoms with van der Waals surface area (Å²) >= 11 is 0. The van der Waals surface area contributed by atoms with Crippen molar-refractivity contribution in [2.75, 3.05) is 4.90 Å². The molecular weight excluding hydrogens is 711 g/mol. The molecule has 0 bridgehead atoms. The van der Waals surface area contributed by atoms with E-state index in [4.69, 9.17) is 0 Å². The maximum atomic E-state index is 2.53. The van der Waals surface area contributed by atoms with Crippen molar-refractivity contribution >= 4 is 11.4 Å². The van der Waals surface area contributed by atoms with Crippen molar-refractivity contribution in [1.82, 2.24) is 0 Å². The van der Waals surface area contributed by atoms with Gasteiger partial charge in [-0.2, -0.15) is 0 Å². The molecule has 0 aromatic heterocycles. The van der Waals surface area contributed by atoms with Gasteiger partial charge in [0.1, 0.15) is 0 Å². The number of benzene rings is 8. The van der Waals surface area contributed by atoms with Crippen LogP contribution in [0.3, 0.4) is 0 Å². The van der Waals surface area contributed by atoms with Crippen molar-refractivity contribution in [2.24, 2.45) is 0 Å². The molecule has 3 aliphatic carbocycles. The summed E-state index contributed by atoms with van der Waals surface area (Å²) in [4.78, 5) is 2.48. The van der Waals surface area contributed by atoms with Crippen LogP contribution in [0.2, 0.25) is 0 Å². The van der Waals surface area contributed by atoms with E-state index in [-0.39, 0.29) is 11.3 Å². The van der Waals surface area contributed by atoms with Crippen LogP contribution in [0.15, 0.2) is 224 Å². The van der Waals surface area contributed by atoms with Gasteiger partial charge < -0.3 is 4.90 Å². The van der Waals surface area contributed by atoms with Gasteiger partial charge in [0, 0.05) is 28.4 Å². The molecule has 0 saturated heterocycles. The summed E-state index contributed by atoms with van der Waals surface area (Å²) in [5, 5.41) is 0. The molecule has 1 nitrogen and oxygen atoms in total. The highest BCUT2D eigenvalue weighted by molar-refractivity contribution is 5.89. The Balaban J connectivity index is 1.08. The Morgan fingerprint density at radius 1 is 0.458 bits per heavy atom. The smallest absolute Gasteiger partial charge is 0.0713 e. The summed E-state index contributed by atoms with van der Waals surface area (Å²) in [6, 6.07) is 74.3. The highest BCUT2D eigenvalue weighted by Gasteiger charge is 2.47. The number of allylic oxidation sites excluding steroid dienone is 3. The highest BCUT2D eigenvalue weighted by atomic mass is 15.1. The second-order valence-corrected chi connectivity index (χ2v) is 16.8. The molecular formula is C58H45N. The number of nitrogens with zero attached hydrogens (tertiary/aromatic N) is 1. The minimum Gasteiger partial charge on any atom is -0.311 e. The topological polar surface area (TPSA) is 3.24 Å². The van der Waals surface area contributed by atoms with Crippen molar-refractivity contribution in [3.8, 4) is 33.4 Å². The van der Waals surface area contributed by atoms with Crippen LogP contribution in [0.4, 0.5) is 11.4 Å². The molecule has 0 fully saturated rings. The quantitative estimate of drug-likeness (QED) is 0.157. The Labute approximate surface area is 348 Å². The van der Waals surface area contributed by atoms with Crippen LogP contribution >= 0.6 is 0 Å². The Bertz CT molecular complexity index is 2880. The van der Waals surface area contributed by atoms with Gasteiger partial charge in [-0.15, -0.1) is 0 Å². The summed E-state index contributed by atoms with van der Waals surface area (Å²) in [7, 11) is 0. The lowest BCUT2D eigenvalue weighted by molar-refractivity contribution is 0.660. The molecule has 0 N–H and O–H groups in total. The zero-order valence-electron chi connectivity index (χ0n) is 33.5. The lowest BCUT2D eigenvalue weighted by Gasteiger charge is -2.34. The van der Waals surface area contributed by atoms with Gasteiger partial charge in [0.2, 0.25) is 0 Å². The Hall–Kier alpha value is -6.96. The summed E-state index contributed by atoms with van der Waals surface area (Å²) in [6.45, 7) is 4.74. The first kappa shape index (κ1) is 35.2. The third-order valence-corrected chi connectivity index (χ3v) is 13.3. The first-order valence-electron chi connectivity index (χ1n) is 21.0. The van der Waals surface area contributed by atoms with E-state index in [1.807, 2.05) is 0 Å². The lowest BCUT2D eigenvalue weighted by atomic mass is 9.67. The third-order valence-electron chi connectivity index (χ3n) is 13.3. The number of anilines is 2. The van der Waals surface area contributed by atoms with Gasteiger partial charge in [0.05, 0.1) is 5.41 Å². The molecule has 3 aliphatic rings. The SMILES string of the molecule is CC1(C)c2ccccc2-c2ccc(N(C3=CC(c4cccc5c4-c4ccccc4C5(c4ccccc4)c4ccccc4)CC=C3)c3ccc(-c4ccccc4)cc3)cc21. The van der Waals surface area contributed by atoms with Gasteiger partial charge in [0.15, 0.2) is 0 Å². The van der Waals surface area contributed by atoms with Crippen LogP contribution in [0.5, 0.6) is 0 Å². The van der Waals surface area contributed by atoms with Gasteiger partial charge in [-0.25, -0.2) is 0 Å². The average Bonchev–Trinajstić information content (AvgIpc) is 3.73. The minimum atomic E-state index is -0.428. The van der Waals surface area contributed by atoms with E-state index in [0.717, 1.165) is 12.1 Å². The normalized spacial score (nSPS) is 16.4. The number of fused-ring (bicyclic) bond motifs is 6. The summed E-state index contributed by atoms with van der Waals surface area (Å²) in [6.07, 6.45) is 8.19. The molecule has 282 valence electrons. The van der Waals surface area contributed by atoms with E-state index < -0.39 is 5.41 Å². The number of hydrogen-bond donors (Lipinski definition) is 0. The van der Waals surface area contributed by atoms with Gasteiger partial charge in [0.25, 0.3) is 0 Å². The van der Waals surface area contributed by atoms with E-state index in [1.54, 1.807) is 0 Å². The van der Waals surface area contributed by atoms with Crippen LogP contribution in [0.1, 0.15) is 65.1 Å². The molecule has 0 amide bonds. The van der Waals surface area contributed by atoms with Gasteiger partial charge in [-0.05, 0) is 109 Å². The molecule has 1 heteroatoms. The predicted molar refractivity (Wildman–Crippen MR) is 246 cm³/mol. The maximum absolute atomic E-state index is 2.53. The monoisotopic (exact) mass is 755 g/mol.